The van der Waals surface area contributed by atoms with Crippen molar-refractivity contribution in [2.45, 2.75) is 6.54 Å². The molecule has 0 bridgehead atoms. The fraction of sp³-hybridized carbons (Fsp3) is 0.0909. The molecule has 1 N–H and O–H groups in total. The lowest BCUT2D eigenvalue weighted by Crippen LogP contribution is -2.21. The first-order valence-corrected chi connectivity index (χ1v) is 5.45. The Kier molecular flexibility index (Phi) is 3.05. The molecular weight excluding hydrogens is 272 g/mol. The zero-order chi connectivity index (χ0) is 11.5. The molecule has 0 fully saturated rings. The Bertz CT molecular complexity index is 552. The van der Waals surface area contributed by atoms with Crippen LogP contribution in [0.4, 0.5) is 0 Å². The molecule has 16 heavy (non-hydrogen) atoms. The minimum absolute atomic E-state index is 0.0888. The Morgan fingerprint density at radius 3 is 2.69 bits per heavy atom. The number of aromatic hydroxyl groups is 1. The van der Waals surface area contributed by atoms with Gasteiger partial charge in [-0.15, -0.1) is 0 Å². The van der Waals surface area contributed by atoms with Crippen molar-refractivity contribution < 1.29 is 5.11 Å². The third kappa shape index (κ3) is 2.14. The lowest BCUT2D eigenvalue weighted by atomic mass is 10.2. The molecule has 1 aromatic carbocycles. The molecule has 82 valence electrons. The highest BCUT2D eigenvalue weighted by atomic mass is 79.9. The van der Waals surface area contributed by atoms with E-state index >= 15 is 0 Å². The molecule has 0 saturated carbocycles. The van der Waals surface area contributed by atoms with Gasteiger partial charge in [-0.3, -0.25) is 9.36 Å². The van der Waals surface area contributed by atoms with Gasteiger partial charge in [0.15, 0.2) is 0 Å². The summed E-state index contributed by atoms with van der Waals surface area (Å²) in [6.07, 6.45) is 1.33. The minimum atomic E-state index is -0.295. The van der Waals surface area contributed by atoms with E-state index in [4.69, 9.17) is 0 Å². The smallest absolute Gasteiger partial charge is 0.271 e. The Morgan fingerprint density at radius 2 is 2.00 bits per heavy atom. The van der Waals surface area contributed by atoms with Gasteiger partial charge in [0.25, 0.3) is 5.56 Å². The van der Waals surface area contributed by atoms with Crippen molar-refractivity contribution >= 4 is 15.9 Å². The van der Waals surface area contributed by atoms with Crippen LogP contribution in [-0.2, 0) is 6.54 Å². The molecule has 0 aliphatic rings. The number of rotatable bonds is 2. The van der Waals surface area contributed by atoms with E-state index in [-0.39, 0.29) is 15.9 Å². The Balaban J connectivity index is 2.37. The van der Waals surface area contributed by atoms with Crippen LogP contribution in [0.5, 0.6) is 5.88 Å². The first-order valence-electron chi connectivity index (χ1n) is 4.66. The SMILES string of the molecule is O=c1c(Br)c(O)ncn1Cc1ccccc1. The van der Waals surface area contributed by atoms with Gasteiger partial charge in [-0.25, -0.2) is 4.98 Å². The van der Waals surface area contributed by atoms with Crippen LogP contribution in [0.15, 0.2) is 45.9 Å². The fourth-order valence-corrected chi connectivity index (χ4v) is 1.68. The molecule has 2 rings (SSSR count). The zero-order valence-corrected chi connectivity index (χ0v) is 9.89. The van der Waals surface area contributed by atoms with Gasteiger partial charge in [-0.2, -0.15) is 0 Å². The van der Waals surface area contributed by atoms with E-state index in [9.17, 15) is 9.90 Å². The maximum absolute atomic E-state index is 11.7. The zero-order valence-electron chi connectivity index (χ0n) is 8.30. The maximum atomic E-state index is 11.7. The quantitative estimate of drug-likeness (QED) is 0.912. The van der Waals surface area contributed by atoms with Gasteiger partial charge in [0.2, 0.25) is 5.88 Å². The van der Waals surface area contributed by atoms with E-state index in [0.29, 0.717) is 6.54 Å². The second-order valence-electron chi connectivity index (χ2n) is 3.30. The summed E-state index contributed by atoms with van der Waals surface area (Å²) in [6, 6.07) is 9.57. The highest BCUT2D eigenvalue weighted by Gasteiger charge is 2.07. The third-order valence-electron chi connectivity index (χ3n) is 2.16. The van der Waals surface area contributed by atoms with Crippen molar-refractivity contribution in [1.82, 2.24) is 9.55 Å². The van der Waals surface area contributed by atoms with Crippen LogP contribution in [0.1, 0.15) is 5.56 Å². The number of aromatic nitrogens is 2. The molecule has 0 aliphatic carbocycles. The molecule has 4 nitrogen and oxygen atoms in total. The number of benzene rings is 1. The molecule has 0 atom stereocenters. The van der Waals surface area contributed by atoms with Crippen molar-refractivity contribution in [2.75, 3.05) is 0 Å². The second-order valence-corrected chi connectivity index (χ2v) is 4.09. The number of nitrogens with zero attached hydrogens (tertiary/aromatic N) is 2. The molecule has 0 saturated heterocycles. The third-order valence-corrected chi connectivity index (χ3v) is 2.85. The first kappa shape index (κ1) is 10.9. The molecule has 5 heteroatoms. The number of hydrogen-bond donors (Lipinski definition) is 1. The van der Waals surface area contributed by atoms with E-state index in [1.54, 1.807) is 0 Å². The summed E-state index contributed by atoms with van der Waals surface area (Å²) in [5, 5.41) is 9.22. The van der Waals surface area contributed by atoms with Crippen LogP contribution in [-0.4, -0.2) is 14.7 Å². The summed E-state index contributed by atoms with van der Waals surface area (Å²) >= 11 is 3.00. The van der Waals surface area contributed by atoms with Crippen molar-refractivity contribution in [2.24, 2.45) is 0 Å². The molecule has 1 heterocycles. The van der Waals surface area contributed by atoms with E-state index in [2.05, 4.69) is 20.9 Å². The van der Waals surface area contributed by atoms with Gasteiger partial charge in [-0.05, 0) is 21.5 Å². The second kappa shape index (κ2) is 4.49. The van der Waals surface area contributed by atoms with Crippen molar-refractivity contribution in [1.29, 1.82) is 0 Å². The van der Waals surface area contributed by atoms with E-state index in [0.717, 1.165) is 5.56 Å². The summed E-state index contributed by atoms with van der Waals surface area (Å²) in [4.78, 5) is 15.4. The number of hydrogen-bond acceptors (Lipinski definition) is 3. The van der Waals surface area contributed by atoms with Crippen molar-refractivity contribution in [3.05, 3.63) is 57.0 Å². The van der Waals surface area contributed by atoms with Crippen LogP contribution in [0, 0.1) is 0 Å². The van der Waals surface area contributed by atoms with Gasteiger partial charge in [-0.1, -0.05) is 30.3 Å². The summed E-state index contributed by atoms with van der Waals surface area (Å²) in [6.45, 7) is 0.436. The molecule has 0 unspecified atom stereocenters. The lowest BCUT2D eigenvalue weighted by Gasteiger charge is -2.05. The average molecular weight is 281 g/mol. The summed E-state index contributed by atoms with van der Waals surface area (Å²) in [5.41, 5.74) is 0.709. The Hall–Kier alpha value is -1.62. The van der Waals surface area contributed by atoms with Gasteiger partial charge in [0.1, 0.15) is 10.8 Å². The molecule has 0 radical (unpaired) electrons. The van der Waals surface area contributed by atoms with E-state index in [1.165, 1.54) is 10.9 Å². The van der Waals surface area contributed by atoms with E-state index in [1.807, 2.05) is 30.3 Å². The molecule has 0 spiro atoms. The van der Waals surface area contributed by atoms with Crippen molar-refractivity contribution in [3.8, 4) is 5.88 Å². The lowest BCUT2D eigenvalue weighted by molar-refractivity contribution is 0.442. The Morgan fingerprint density at radius 1 is 1.31 bits per heavy atom. The average Bonchev–Trinajstić information content (AvgIpc) is 2.31. The van der Waals surface area contributed by atoms with Crippen LogP contribution >= 0.6 is 15.9 Å². The number of halogens is 1. The van der Waals surface area contributed by atoms with Gasteiger partial charge in [0, 0.05) is 0 Å². The highest BCUT2D eigenvalue weighted by Crippen LogP contribution is 2.14. The van der Waals surface area contributed by atoms with Gasteiger partial charge in [0.05, 0.1) is 6.54 Å². The standard InChI is InChI=1S/C11H9BrN2O2/c12-9-10(15)13-7-14(11(9)16)6-8-4-2-1-3-5-8/h1-5,7,15H,6H2. The fourth-order valence-electron chi connectivity index (χ4n) is 1.35. The molecule has 2 aromatic rings. The predicted octanol–water partition coefficient (Wildman–Crippen LogP) is 1.76. The van der Waals surface area contributed by atoms with Crippen LogP contribution in [0.2, 0.25) is 0 Å². The maximum Gasteiger partial charge on any atom is 0.271 e. The predicted molar refractivity (Wildman–Crippen MR) is 63.4 cm³/mol. The first-order chi connectivity index (χ1) is 7.68. The van der Waals surface area contributed by atoms with Crippen LogP contribution in [0.25, 0.3) is 0 Å². The topological polar surface area (TPSA) is 55.1 Å². The monoisotopic (exact) mass is 280 g/mol. The van der Waals surface area contributed by atoms with Crippen LogP contribution in [0.3, 0.4) is 0 Å². The Labute approximate surface area is 100 Å². The van der Waals surface area contributed by atoms with Gasteiger partial charge >= 0.3 is 0 Å². The molecule has 0 amide bonds. The normalized spacial score (nSPS) is 10.3. The molecule has 0 aliphatic heterocycles. The molecule has 1 aromatic heterocycles. The van der Waals surface area contributed by atoms with Gasteiger partial charge < -0.3 is 5.11 Å². The summed E-state index contributed by atoms with van der Waals surface area (Å²) < 4.78 is 1.52. The largest absolute Gasteiger partial charge is 0.492 e. The van der Waals surface area contributed by atoms with E-state index < -0.39 is 0 Å². The molecular formula is C11H9BrN2O2. The van der Waals surface area contributed by atoms with Crippen molar-refractivity contribution in [3.63, 3.8) is 0 Å². The summed E-state index contributed by atoms with van der Waals surface area (Å²) in [7, 11) is 0. The highest BCUT2D eigenvalue weighted by molar-refractivity contribution is 9.10. The van der Waals surface area contributed by atoms with Crippen LogP contribution < -0.4 is 5.56 Å². The summed E-state index contributed by atoms with van der Waals surface area (Å²) in [5.74, 6) is -0.283. The minimum Gasteiger partial charge on any atom is -0.492 e.